The van der Waals surface area contributed by atoms with Crippen LogP contribution in [-0.2, 0) is 0 Å². The van der Waals surface area contributed by atoms with Gasteiger partial charge in [-0.25, -0.2) is 9.78 Å². The molecule has 3 aromatic rings. The van der Waals surface area contributed by atoms with Crippen LogP contribution < -0.4 is 5.73 Å². The van der Waals surface area contributed by atoms with E-state index in [2.05, 4.69) is 33.2 Å². The van der Waals surface area contributed by atoms with Crippen molar-refractivity contribution < 1.29 is 4.79 Å². The van der Waals surface area contributed by atoms with Crippen molar-refractivity contribution in [3.05, 3.63) is 60.7 Å². The van der Waals surface area contributed by atoms with Gasteiger partial charge in [-0.15, -0.1) is 0 Å². The van der Waals surface area contributed by atoms with E-state index in [0.29, 0.717) is 5.92 Å². The van der Waals surface area contributed by atoms with Gasteiger partial charge in [0, 0.05) is 35.8 Å². The lowest BCUT2D eigenvalue weighted by atomic mass is 9.85. The summed E-state index contributed by atoms with van der Waals surface area (Å²) in [4.78, 5) is 26.6. The Labute approximate surface area is 170 Å². The van der Waals surface area contributed by atoms with E-state index in [1.54, 1.807) is 0 Å². The molecule has 1 saturated carbocycles. The fourth-order valence-electron chi connectivity index (χ4n) is 4.60. The van der Waals surface area contributed by atoms with Crippen LogP contribution in [0.4, 0.5) is 4.79 Å². The smallest absolute Gasteiger partial charge is 0.315 e. The van der Waals surface area contributed by atoms with Crippen LogP contribution in [0.5, 0.6) is 0 Å². The van der Waals surface area contributed by atoms with Gasteiger partial charge in [0.25, 0.3) is 0 Å². The molecule has 2 unspecified atom stereocenters. The SMILES string of the molecule is NC(=O)N1CCCC(c2ncc(-c3ccc(-c4ccccc4)nc3)[nH]2)C1C1CC1. The number of carbonyl (C=O) groups is 1. The first kappa shape index (κ1) is 17.9. The molecule has 6 nitrogen and oxygen atoms in total. The molecule has 6 heteroatoms. The van der Waals surface area contributed by atoms with Gasteiger partial charge in [-0.3, -0.25) is 4.98 Å². The number of carbonyl (C=O) groups excluding carboxylic acids is 1. The minimum atomic E-state index is -0.306. The molecule has 3 heterocycles. The molecule has 1 aliphatic heterocycles. The van der Waals surface area contributed by atoms with Crippen LogP contribution in [0.15, 0.2) is 54.9 Å². The largest absolute Gasteiger partial charge is 0.351 e. The first-order valence-corrected chi connectivity index (χ1v) is 10.3. The van der Waals surface area contributed by atoms with E-state index in [4.69, 9.17) is 5.73 Å². The standard InChI is InChI=1S/C23H25N5O/c24-23(29)28-12-4-7-18(21(28)16-8-9-16)22-26-14-20(27-22)17-10-11-19(25-13-17)15-5-2-1-3-6-15/h1-3,5-6,10-11,13-14,16,18,21H,4,7-9,12H2,(H2,24,29)(H,26,27). The number of nitrogens with zero attached hydrogens (tertiary/aromatic N) is 3. The molecule has 29 heavy (non-hydrogen) atoms. The van der Waals surface area contributed by atoms with Crippen LogP contribution in [0.1, 0.15) is 37.4 Å². The number of hydrogen-bond donors (Lipinski definition) is 2. The number of benzene rings is 1. The third-order valence-electron chi connectivity index (χ3n) is 6.17. The van der Waals surface area contributed by atoms with Gasteiger partial charge in [-0.2, -0.15) is 0 Å². The van der Waals surface area contributed by atoms with E-state index < -0.39 is 0 Å². The molecule has 1 saturated heterocycles. The molecule has 0 bridgehead atoms. The maximum absolute atomic E-state index is 12.0. The third-order valence-corrected chi connectivity index (χ3v) is 6.17. The molecular formula is C23H25N5O. The van der Waals surface area contributed by atoms with Crippen molar-refractivity contribution in [1.29, 1.82) is 0 Å². The summed E-state index contributed by atoms with van der Waals surface area (Å²) < 4.78 is 0. The molecule has 2 fully saturated rings. The van der Waals surface area contributed by atoms with Crippen molar-refractivity contribution in [3.8, 4) is 22.5 Å². The van der Waals surface area contributed by atoms with Crippen molar-refractivity contribution in [3.63, 3.8) is 0 Å². The number of hydrogen-bond acceptors (Lipinski definition) is 3. The molecular weight excluding hydrogens is 362 g/mol. The number of urea groups is 1. The Hall–Kier alpha value is -3.15. The Kier molecular flexibility index (Phi) is 4.54. The zero-order valence-corrected chi connectivity index (χ0v) is 16.3. The summed E-state index contributed by atoms with van der Waals surface area (Å²) in [7, 11) is 0. The number of nitrogens with two attached hydrogens (primary N) is 1. The van der Waals surface area contributed by atoms with E-state index in [0.717, 1.165) is 47.7 Å². The summed E-state index contributed by atoms with van der Waals surface area (Å²) in [6.07, 6.45) is 8.09. The van der Waals surface area contributed by atoms with Crippen molar-refractivity contribution in [2.45, 2.75) is 37.6 Å². The number of rotatable bonds is 4. The molecule has 2 amide bonds. The number of H-pyrrole nitrogens is 1. The molecule has 0 radical (unpaired) electrons. The Morgan fingerprint density at radius 2 is 1.83 bits per heavy atom. The maximum Gasteiger partial charge on any atom is 0.315 e. The molecule has 3 N–H and O–H groups in total. The second-order valence-corrected chi connectivity index (χ2v) is 8.09. The topological polar surface area (TPSA) is 87.9 Å². The molecule has 5 rings (SSSR count). The Morgan fingerprint density at radius 1 is 1.00 bits per heavy atom. The average molecular weight is 387 g/mol. The van der Waals surface area contributed by atoms with Crippen LogP contribution in [0, 0.1) is 5.92 Å². The molecule has 148 valence electrons. The minimum absolute atomic E-state index is 0.166. The Morgan fingerprint density at radius 3 is 2.52 bits per heavy atom. The number of aromatic amines is 1. The lowest BCUT2D eigenvalue weighted by molar-refractivity contribution is 0.130. The van der Waals surface area contributed by atoms with Gasteiger partial charge in [-0.05, 0) is 43.7 Å². The lowest BCUT2D eigenvalue weighted by Gasteiger charge is -2.40. The van der Waals surface area contributed by atoms with Gasteiger partial charge in [0.1, 0.15) is 5.82 Å². The second kappa shape index (κ2) is 7.35. The molecule has 1 aromatic carbocycles. The predicted octanol–water partition coefficient (Wildman–Crippen LogP) is 4.18. The zero-order chi connectivity index (χ0) is 19.8. The summed E-state index contributed by atoms with van der Waals surface area (Å²) in [6.45, 7) is 0.755. The molecule has 1 aliphatic carbocycles. The number of primary amides is 1. The first-order valence-electron chi connectivity index (χ1n) is 10.3. The maximum atomic E-state index is 12.0. The van der Waals surface area contributed by atoms with Crippen LogP contribution in [0.3, 0.4) is 0 Å². The quantitative estimate of drug-likeness (QED) is 0.704. The molecule has 0 spiro atoms. The molecule has 2 aromatic heterocycles. The van der Waals surface area contributed by atoms with E-state index in [-0.39, 0.29) is 18.0 Å². The molecule has 2 atom stereocenters. The summed E-state index contributed by atoms with van der Waals surface area (Å²) in [5, 5.41) is 0. The number of imidazole rings is 1. The van der Waals surface area contributed by atoms with Gasteiger partial charge in [-0.1, -0.05) is 30.3 Å². The average Bonchev–Trinajstić information content (AvgIpc) is 3.50. The van der Waals surface area contributed by atoms with Gasteiger partial charge in [0.15, 0.2) is 0 Å². The van der Waals surface area contributed by atoms with Gasteiger partial charge < -0.3 is 15.6 Å². The van der Waals surface area contributed by atoms with E-state index >= 15 is 0 Å². The lowest BCUT2D eigenvalue weighted by Crippen LogP contribution is -2.51. The van der Waals surface area contributed by atoms with Crippen LogP contribution in [0.25, 0.3) is 22.5 Å². The Balaban J connectivity index is 1.39. The summed E-state index contributed by atoms with van der Waals surface area (Å²) in [6, 6.07) is 14.1. The highest BCUT2D eigenvalue weighted by Crippen LogP contribution is 2.45. The summed E-state index contributed by atoms with van der Waals surface area (Å²) >= 11 is 0. The summed E-state index contributed by atoms with van der Waals surface area (Å²) in [5.41, 5.74) is 9.69. The fraction of sp³-hybridized carbons (Fsp3) is 0.348. The number of aromatic nitrogens is 3. The van der Waals surface area contributed by atoms with Crippen LogP contribution in [0.2, 0.25) is 0 Å². The Bertz CT molecular complexity index is 994. The third kappa shape index (κ3) is 3.50. The van der Waals surface area contributed by atoms with Crippen LogP contribution >= 0.6 is 0 Å². The first-order chi connectivity index (χ1) is 14.2. The number of amides is 2. The highest BCUT2D eigenvalue weighted by molar-refractivity contribution is 5.73. The highest BCUT2D eigenvalue weighted by atomic mass is 16.2. The van der Waals surface area contributed by atoms with E-state index in [1.807, 2.05) is 41.6 Å². The second-order valence-electron chi connectivity index (χ2n) is 8.09. The van der Waals surface area contributed by atoms with E-state index in [1.165, 1.54) is 12.8 Å². The normalized spacial score (nSPS) is 21.9. The monoisotopic (exact) mass is 387 g/mol. The zero-order valence-electron chi connectivity index (χ0n) is 16.3. The molecule has 2 aliphatic rings. The number of pyridine rings is 1. The van der Waals surface area contributed by atoms with Crippen molar-refractivity contribution in [2.75, 3.05) is 6.54 Å². The van der Waals surface area contributed by atoms with E-state index in [9.17, 15) is 4.79 Å². The van der Waals surface area contributed by atoms with Crippen molar-refractivity contribution in [1.82, 2.24) is 19.9 Å². The highest BCUT2D eigenvalue weighted by Gasteiger charge is 2.45. The number of piperidine rings is 1. The summed E-state index contributed by atoms with van der Waals surface area (Å²) in [5.74, 6) is 1.72. The predicted molar refractivity (Wildman–Crippen MR) is 112 cm³/mol. The minimum Gasteiger partial charge on any atom is -0.351 e. The van der Waals surface area contributed by atoms with Crippen LogP contribution in [-0.4, -0.2) is 38.5 Å². The number of nitrogens with one attached hydrogen (secondary N) is 1. The van der Waals surface area contributed by atoms with Gasteiger partial charge in [0.05, 0.1) is 17.6 Å². The fourth-order valence-corrected chi connectivity index (χ4v) is 4.60. The number of likely N-dealkylation sites (tertiary alicyclic amines) is 1. The van der Waals surface area contributed by atoms with Crippen molar-refractivity contribution in [2.24, 2.45) is 11.7 Å². The van der Waals surface area contributed by atoms with Crippen molar-refractivity contribution >= 4 is 6.03 Å². The van der Waals surface area contributed by atoms with Gasteiger partial charge >= 0.3 is 6.03 Å². The van der Waals surface area contributed by atoms with Gasteiger partial charge in [0.2, 0.25) is 0 Å².